The zero-order valence-electron chi connectivity index (χ0n) is 15.4. The molecule has 1 saturated heterocycles. The van der Waals surface area contributed by atoms with Gasteiger partial charge in [0, 0.05) is 38.4 Å². The van der Waals surface area contributed by atoms with Crippen molar-refractivity contribution in [3.05, 3.63) is 34.2 Å². The third-order valence-electron chi connectivity index (χ3n) is 3.90. The molecule has 7 nitrogen and oxygen atoms in total. The second-order valence-electron chi connectivity index (χ2n) is 7.23. The summed E-state index contributed by atoms with van der Waals surface area (Å²) >= 11 is 0. The lowest BCUT2D eigenvalue weighted by Crippen LogP contribution is -2.52. The Labute approximate surface area is 154 Å². The van der Waals surface area contributed by atoms with Gasteiger partial charge < -0.3 is 19.1 Å². The lowest BCUT2D eigenvalue weighted by atomic mass is 10.2. The number of carbonyl (C=O) groups excluding carboxylic acids is 2. The predicted molar refractivity (Wildman–Crippen MR) is 90.1 cm³/mol. The van der Waals surface area contributed by atoms with Crippen molar-refractivity contribution in [2.75, 3.05) is 26.2 Å². The van der Waals surface area contributed by atoms with Gasteiger partial charge in [-0.2, -0.15) is 13.2 Å². The Bertz CT molecular complexity index is 760. The number of aromatic nitrogens is 1. The lowest BCUT2D eigenvalue weighted by Gasteiger charge is -2.35. The molecule has 2 heterocycles. The van der Waals surface area contributed by atoms with E-state index in [0.717, 1.165) is 10.6 Å². The molecule has 0 spiro atoms. The average Bonchev–Trinajstić information content (AvgIpc) is 2.54. The van der Waals surface area contributed by atoms with Gasteiger partial charge in [-0.25, -0.2) is 4.79 Å². The number of amides is 2. The van der Waals surface area contributed by atoms with Crippen molar-refractivity contribution < 1.29 is 27.5 Å². The van der Waals surface area contributed by atoms with E-state index in [0.29, 0.717) is 12.3 Å². The van der Waals surface area contributed by atoms with Crippen LogP contribution in [0.15, 0.2) is 23.1 Å². The van der Waals surface area contributed by atoms with Crippen LogP contribution in [0.2, 0.25) is 0 Å². The first-order valence-corrected chi connectivity index (χ1v) is 8.40. The Morgan fingerprint density at radius 2 is 1.59 bits per heavy atom. The molecule has 0 atom stereocenters. The minimum Gasteiger partial charge on any atom is -0.444 e. The van der Waals surface area contributed by atoms with E-state index in [-0.39, 0.29) is 26.2 Å². The van der Waals surface area contributed by atoms with Crippen LogP contribution in [-0.2, 0) is 22.3 Å². The summed E-state index contributed by atoms with van der Waals surface area (Å²) in [4.78, 5) is 39.0. The summed E-state index contributed by atoms with van der Waals surface area (Å²) in [6.07, 6.45) is -4.45. The number of ether oxygens (including phenoxy) is 1. The fourth-order valence-electron chi connectivity index (χ4n) is 2.53. The second kappa shape index (κ2) is 7.61. The van der Waals surface area contributed by atoms with Gasteiger partial charge in [0.15, 0.2) is 0 Å². The molecule has 0 bridgehead atoms. The molecule has 0 unspecified atom stereocenters. The minimum atomic E-state index is -4.60. The highest BCUT2D eigenvalue weighted by Crippen LogP contribution is 2.28. The zero-order chi connectivity index (χ0) is 20.4. The molecule has 10 heteroatoms. The highest BCUT2D eigenvalue weighted by molar-refractivity contribution is 5.76. The molecule has 0 N–H and O–H groups in total. The molecule has 27 heavy (non-hydrogen) atoms. The minimum absolute atomic E-state index is 0.214. The smallest absolute Gasteiger partial charge is 0.417 e. The van der Waals surface area contributed by atoms with Crippen LogP contribution >= 0.6 is 0 Å². The largest absolute Gasteiger partial charge is 0.444 e. The predicted octanol–water partition coefficient (Wildman–Crippen LogP) is 1.95. The van der Waals surface area contributed by atoms with E-state index >= 15 is 0 Å². The number of rotatable bonds is 2. The molecule has 2 rings (SSSR count). The van der Waals surface area contributed by atoms with Gasteiger partial charge in [-0.15, -0.1) is 0 Å². The van der Waals surface area contributed by atoms with Crippen molar-refractivity contribution in [2.24, 2.45) is 0 Å². The number of hydrogen-bond donors (Lipinski definition) is 0. The Morgan fingerprint density at radius 3 is 2.11 bits per heavy atom. The van der Waals surface area contributed by atoms with Crippen LogP contribution in [0.25, 0.3) is 0 Å². The van der Waals surface area contributed by atoms with Gasteiger partial charge in [-0.3, -0.25) is 9.59 Å². The number of piperazine rings is 1. The van der Waals surface area contributed by atoms with Crippen LogP contribution in [0.3, 0.4) is 0 Å². The van der Waals surface area contributed by atoms with Crippen molar-refractivity contribution in [2.45, 2.75) is 39.1 Å². The van der Waals surface area contributed by atoms with Gasteiger partial charge in [0.05, 0.1) is 5.56 Å². The third kappa shape index (κ3) is 5.73. The third-order valence-corrected chi connectivity index (χ3v) is 3.90. The summed E-state index contributed by atoms with van der Waals surface area (Å²) < 4.78 is 44.3. The molecule has 150 valence electrons. The van der Waals surface area contributed by atoms with Gasteiger partial charge >= 0.3 is 12.3 Å². The van der Waals surface area contributed by atoms with Crippen molar-refractivity contribution in [3.8, 4) is 0 Å². The number of carbonyl (C=O) groups is 2. The Balaban J connectivity index is 1.97. The highest BCUT2D eigenvalue weighted by Gasteiger charge is 2.32. The second-order valence-corrected chi connectivity index (χ2v) is 7.23. The van der Waals surface area contributed by atoms with Crippen molar-refractivity contribution in [1.29, 1.82) is 0 Å². The first-order valence-electron chi connectivity index (χ1n) is 8.40. The van der Waals surface area contributed by atoms with Crippen LogP contribution in [-0.4, -0.2) is 58.1 Å². The molecule has 2 amide bonds. The van der Waals surface area contributed by atoms with E-state index in [2.05, 4.69) is 0 Å². The normalized spacial score (nSPS) is 15.6. The van der Waals surface area contributed by atoms with Gasteiger partial charge in [0.2, 0.25) is 5.91 Å². The van der Waals surface area contributed by atoms with Crippen molar-refractivity contribution in [3.63, 3.8) is 0 Å². The fourth-order valence-corrected chi connectivity index (χ4v) is 2.53. The molecule has 1 aromatic rings. The molecular formula is C17H22F3N3O4. The summed E-state index contributed by atoms with van der Waals surface area (Å²) in [5.41, 5.74) is -2.32. The van der Waals surface area contributed by atoms with E-state index in [1.807, 2.05) is 0 Å². The van der Waals surface area contributed by atoms with Crippen LogP contribution in [0.4, 0.5) is 18.0 Å². The number of alkyl halides is 3. The van der Waals surface area contributed by atoms with E-state index in [1.165, 1.54) is 9.80 Å². The molecule has 1 aliphatic heterocycles. The molecule has 1 aromatic heterocycles. The van der Waals surface area contributed by atoms with E-state index in [1.54, 1.807) is 20.8 Å². The monoisotopic (exact) mass is 389 g/mol. The molecule has 1 fully saturated rings. The average molecular weight is 389 g/mol. The van der Waals surface area contributed by atoms with E-state index in [4.69, 9.17) is 4.74 Å². The first-order chi connectivity index (χ1) is 12.4. The van der Waals surface area contributed by atoms with Crippen LogP contribution < -0.4 is 5.56 Å². The molecular weight excluding hydrogens is 367 g/mol. The summed E-state index contributed by atoms with van der Waals surface area (Å²) in [6, 6.07) is 1.47. The molecule has 0 aliphatic carbocycles. The van der Waals surface area contributed by atoms with Crippen molar-refractivity contribution >= 4 is 12.0 Å². The summed E-state index contributed by atoms with van der Waals surface area (Å²) in [5.74, 6) is -0.486. The first kappa shape index (κ1) is 20.8. The molecule has 0 aromatic carbocycles. The van der Waals surface area contributed by atoms with Gasteiger partial charge in [0.1, 0.15) is 12.1 Å². The maximum Gasteiger partial charge on any atom is 0.417 e. The topological polar surface area (TPSA) is 71.8 Å². The Morgan fingerprint density at radius 1 is 1.04 bits per heavy atom. The van der Waals surface area contributed by atoms with E-state index < -0.39 is 41.4 Å². The molecule has 0 radical (unpaired) electrons. The van der Waals surface area contributed by atoms with Crippen LogP contribution in [0.1, 0.15) is 26.3 Å². The van der Waals surface area contributed by atoms with Gasteiger partial charge in [-0.05, 0) is 26.8 Å². The Hall–Kier alpha value is -2.52. The summed E-state index contributed by atoms with van der Waals surface area (Å²) in [7, 11) is 0. The van der Waals surface area contributed by atoms with E-state index in [9.17, 15) is 27.6 Å². The lowest BCUT2D eigenvalue weighted by molar-refractivity contribution is -0.139. The highest BCUT2D eigenvalue weighted by atomic mass is 19.4. The number of hydrogen-bond acceptors (Lipinski definition) is 4. The summed E-state index contributed by atoms with van der Waals surface area (Å²) in [6.45, 7) is 5.68. The van der Waals surface area contributed by atoms with Gasteiger partial charge in [0.25, 0.3) is 5.56 Å². The number of pyridine rings is 1. The fraction of sp³-hybridized carbons (Fsp3) is 0.588. The van der Waals surface area contributed by atoms with Crippen molar-refractivity contribution in [1.82, 2.24) is 14.4 Å². The standard InChI is InChI=1S/C17H22F3N3O4/c1-16(2,3)27-15(26)22-8-6-21(7-9-22)14(25)11-23-10-12(17(18,19)20)4-5-13(23)24/h4-5,10H,6-9,11H2,1-3H3. The van der Waals surface area contributed by atoms with Crippen LogP contribution in [0, 0.1) is 0 Å². The Kier molecular flexibility index (Phi) is 5.86. The number of nitrogens with zero attached hydrogens (tertiary/aromatic N) is 3. The maximum absolute atomic E-state index is 12.8. The summed E-state index contributed by atoms with van der Waals surface area (Å²) in [5, 5.41) is 0. The van der Waals surface area contributed by atoms with Crippen LogP contribution in [0.5, 0.6) is 0 Å². The number of halogens is 3. The molecule has 0 saturated carbocycles. The SMILES string of the molecule is CC(C)(C)OC(=O)N1CCN(C(=O)Cn2cc(C(F)(F)F)ccc2=O)CC1. The quantitative estimate of drug-likeness (QED) is 0.775. The maximum atomic E-state index is 12.8. The van der Waals surface area contributed by atoms with Gasteiger partial charge in [-0.1, -0.05) is 0 Å². The molecule has 1 aliphatic rings. The zero-order valence-corrected chi connectivity index (χ0v) is 15.4.